The molecular weight excluding hydrogens is 297 g/mol. The van der Waals surface area contributed by atoms with Crippen LogP contribution in [0.15, 0.2) is 33.9 Å². The first-order valence-electron chi connectivity index (χ1n) is 6.56. The highest BCUT2D eigenvalue weighted by atomic mass is 32.2. The Labute approximate surface area is 121 Å². The summed E-state index contributed by atoms with van der Waals surface area (Å²) < 4.78 is 45.4. The van der Waals surface area contributed by atoms with E-state index in [2.05, 4.69) is 10.1 Å². The second-order valence-corrected chi connectivity index (χ2v) is 6.74. The van der Waals surface area contributed by atoms with Crippen molar-refractivity contribution in [1.82, 2.24) is 14.4 Å². The van der Waals surface area contributed by atoms with E-state index in [0.29, 0.717) is 30.8 Å². The zero-order chi connectivity index (χ0) is 15.0. The molecule has 0 aliphatic carbocycles. The predicted octanol–water partition coefficient (Wildman–Crippen LogP) is 2.04. The first kappa shape index (κ1) is 14.2. The average molecular weight is 311 g/mol. The van der Waals surface area contributed by atoms with Gasteiger partial charge in [0, 0.05) is 18.8 Å². The zero-order valence-corrected chi connectivity index (χ0v) is 12.2. The molecule has 0 N–H and O–H groups in total. The van der Waals surface area contributed by atoms with E-state index in [9.17, 15) is 12.8 Å². The zero-order valence-electron chi connectivity index (χ0n) is 11.4. The van der Waals surface area contributed by atoms with Gasteiger partial charge in [0.25, 0.3) is 10.0 Å². The van der Waals surface area contributed by atoms with Crippen LogP contribution in [0, 0.1) is 12.7 Å². The standard InChI is InChI=1S/C13H14FN3O3S/c1-9-8-12(20-16-9)11-5-3-7-17(11)21(18,19)13-10(14)4-2-6-15-13/h2,4,6,8,11H,3,5,7H2,1H3. The van der Waals surface area contributed by atoms with Crippen LogP contribution in [0.25, 0.3) is 0 Å². The van der Waals surface area contributed by atoms with E-state index < -0.39 is 26.9 Å². The molecule has 0 bridgehead atoms. The second-order valence-electron chi connectivity index (χ2n) is 4.93. The first-order chi connectivity index (χ1) is 10.00. The van der Waals surface area contributed by atoms with E-state index in [1.165, 1.54) is 16.6 Å². The third-order valence-corrected chi connectivity index (χ3v) is 5.30. The van der Waals surface area contributed by atoms with Gasteiger partial charge in [-0.15, -0.1) is 0 Å². The molecule has 2 aromatic heterocycles. The minimum atomic E-state index is -4.00. The van der Waals surface area contributed by atoms with Gasteiger partial charge in [0.05, 0.1) is 11.7 Å². The highest BCUT2D eigenvalue weighted by molar-refractivity contribution is 7.89. The summed E-state index contributed by atoms with van der Waals surface area (Å²) >= 11 is 0. The molecule has 6 nitrogen and oxygen atoms in total. The lowest BCUT2D eigenvalue weighted by molar-refractivity contribution is 0.296. The molecule has 3 heterocycles. The molecule has 0 radical (unpaired) electrons. The number of aryl methyl sites for hydroxylation is 1. The Morgan fingerprint density at radius 3 is 2.95 bits per heavy atom. The molecule has 1 atom stereocenters. The fourth-order valence-corrected chi connectivity index (χ4v) is 4.17. The van der Waals surface area contributed by atoms with Gasteiger partial charge < -0.3 is 4.52 Å². The molecule has 1 unspecified atom stereocenters. The summed E-state index contributed by atoms with van der Waals surface area (Å²) in [6.07, 6.45) is 2.56. The number of aromatic nitrogens is 2. The summed E-state index contributed by atoms with van der Waals surface area (Å²) in [5.41, 5.74) is 0.679. The highest BCUT2D eigenvalue weighted by Gasteiger charge is 2.40. The second kappa shape index (κ2) is 5.19. The van der Waals surface area contributed by atoms with Crippen LogP contribution >= 0.6 is 0 Å². The van der Waals surface area contributed by atoms with Crippen molar-refractivity contribution >= 4 is 10.0 Å². The number of hydrogen-bond acceptors (Lipinski definition) is 5. The largest absolute Gasteiger partial charge is 0.359 e. The van der Waals surface area contributed by atoms with Gasteiger partial charge in [-0.3, -0.25) is 0 Å². The van der Waals surface area contributed by atoms with Crippen LogP contribution in [0.2, 0.25) is 0 Å². The quantitative estimate of drug-likeness (QED) is 0.867. The molecule has 1 aliphatic heterocycles. The van der Waals surface area contributed by atoms with Gasteiger partial charge in [0.2, 0.25) is 5.03 Å². The lowest BCUT2D eigenvalue weighted by atomic mass is 10.2. The number of rotatable bonds is 3. The molecule has 112 valence electrons. The summed E-state index contributed by atoms with van der Waals surface area (Å²) in [6.45, 7) is 2.07. The van der Waals surface area contributed by atoms with E-state index in [1.807, 2.05) is 0 Å². The van der Waals surface area contributed by atoms with Crippen LogP contribution in [0.3, 0.4) is 0 Å². The molecule has 8 heteroatoms. The fourth-order valence-electron chi connectivity index (χ4n) is 2.52. The SMILES string of the molecule is Cc1cc(C2CCCN2S(=O)(=O)c2ncccc2F)on1. The molecule has 0 saturated carbocycles. The molecule has 1 saturated heterocycles. The van der Waals surface area contributed by atoms with Gasteiger partial charge in [-0.05, 0) is 31.9 Å². The maximum Gasteiger partial charge on any atom is 0.264 e. The van der Waals surface area contributed by atoms with Gasteiger partial charge in [-0.2, -0.15) is 4.31 Å². The highest BCUT2D eigenvalue weighted by Crippen LogP contribution is 2.36. The Bertz CT molecular complexity index is 760. The van der Waals surface area contributed by atoms with Crippen molar-refractivity contribution in [3.05, 3.63) is 41.7 Å². The molecule has 21 heavy (non-hydrogen) atoms. The Hall–Kier alpha value is -1.80. The number of halogens is 1. The van der Waals surface area contributed by atoms with Crippen molar-refractivity contribution in [2.45, 2.75) is 30.8 Å². The van der Waals surface area contributed by atoms with Gasteiger partial charge >= 0.3 is 0 Å². The van der Waals surface area contributed by atoms with Crippen molar-refractivity contribution in [3.8, 4) is 0 Å². The molecule has 1 fully saturated rings. The minimum absolute atomic E-state index is 0.308. The normalized spacial score (nSPS) is 20.0. The summed E-state index contributed by atoms with van der Waals surface area (Å²) in [6, 6.07) is 3.68. The van der Waals surface area contributed by atoms with Crippen LogP contribution in [0.5, 0.6) is 0 Å². The van der Waals surface area contributed by atoms with Gasteiger partial charge in [0.15, 0.2) is 11.6 Å². The number of hydrogen-bond donors (Lipinski definition) is 0. The number of nitrogens with zero attached hydrogens (tertiary/aromatic N) is 3. The average Bonchev–Trinajstić information content (AvgIpc) is 3.07. The van der Waals surface area contributed by atoms with Gasteiger partial charge in [0.1, 0.15) is 0 Å². The molecule has 3 rings (SSSR count). The molecular formula is C13H14FN3O3S. The van der Waals surface area contributed by atoms with Crippen molar-refractivity contribution in [1.29, 1.82) is 0 Å². The predicted molar refractivity (Wildman–Crippen MR) is 71.3 cm³/mol. The van der Waals surface area contributed by atoms with Crippen molar-refractivity contribution in [2.75, 3.05) is 6.54 Å². The van der Waals surface area contributed by atoms with Crippen molar-refractivity contribution < 1.29 is 17.3 Å². The minimum Gasteiger partial charge on any atom is -0.359 e. The molecule has 2 aromatic rings. The molecule has 0 amide bonds. The number of sulfonamides is 1. The lowest BCUT2D eigenvalue weighted by Gasteiger charge is -2.21. The van der Waals surface area contributed by atoms with Crippen LogP contribution in [0.4, 0.5) is 4.39 Å². The summed E-state index contributed by atoms with van der Waals surface area (Å²) in [4.78, 5) is 3.68. The monoisotopic (exact) mass is 311 g/mol. The van der Waals surface area contributed by atoms with E-state index in [0.717, 1.165) is 6.07 Å². The number of pyridine rings is 1. The fraction of sp³-hybridized carbons (Fsp3) is 0.385. The van der Waals surface area contributed by atoms with E-state index in [-0.39, 0.29) is 0 Å². The van der Waals surface area contributed by atoms with Crippen LogP contribution in [-0.2, 0) is 10.0 Å². The third kappa shape index (κ3) is 2.44. The third-order valence-electron chi connectivity index (χ3n) is 3.46. The Morgan fingerprint density at radius 1 is 1.48 bits per heavy atom. The van der Waals surface area contributed by atoms with E-state index in [4.69, 9.17) is 4.52 Å². The molecule has 1 aliphatic rings. The molecule has 0 aromatic carbocycles. The van der Waals surface area contributed by atoms with Crippen LogP contribution in [-0.4, -0.2) is 29.4 Å². The van der Waals surface area contributed by atoms with E-state index in [1.54, 1.807) is 13.0 Å². The Morgan fingerprint density at radius 2 is 2.29 bits per heavy atom. The maximum absolute atomic E-state index is 13.8. The lowest BCUT2D eigenvalue weighted by Crippen LogP contribution is -2.31. The van der Waals surface area contributed by atoms with Crippen LogP contribution < -0.4 is 0 Å². The van der Waals surface area contributed by atoms with E-state index >= 15 is 0 Å². The Kier molecular flexibility index (Phi) is 3.50. The summed E-state index contributed by atoms with van der Waals surface area (Å²) in [5, 5.41) is 3.23. The Balaban J connectivity index is 2.00. The van der Waals surface area contributed by atoms with Crippen molar-refractivity contribution in [3.63, 3.8) is 0 Å². The summed E-state index contributed by atoms with van der Waals surface area (Å²) in [5.74, 6) is -0.373. The maximum atomic E-state index is 13.8. The van der Waals surface area contributed by atoms with Crippen molar-refractivity contribution in [2.24, 2.45) is 0 Å². The molecule has 0 spiro atoms. The smallest absolute Gasteiger partial charge is 0.264 e. The topological polar surface area (TPSA) is 76.3 Å². The first-order valence-corrected chi connectivity index (χ1v) is 8.00. The van der Waals surface area contributed by atoms with Crippen LogP contribution in [0.1, 0.15) is 30.3 Å². The van der Waals surface area contributed by atoms with Gasteiger partial charge in [-0.1, -0.05) is 5.16 Å². The van der Waals surface area contributed by atoms with Gasteiger partial charge in [-0.25, -0.2) is 17.8 Å². The summed E-state index contributed by atoms with van der Waals surface area (Å²) in [7, 11) is -4.00.